The number of aromatic amines is 1. The number of nitrogens with zero attached hydrogens (tertiary/aromatic N) is 3. The summed E-state index contributed by atoms with van der Waals surface area (Å²) in [5.41, 5.74) is 4.02. The largest absolute Gasteiger partial charge is 0.352 e. The number of para-hydroxylation sites is 2. The van der Waals surface area contributed by atoms with Crippen LogP contribution in [0.5, 0.6) is 0 Å². The molecule has 2 aromatic heterocycles. The third-order valence-corrected chi connectivity index (χ3v) is 4.47. The summed E-state index contributed by atoms with van der Waals surface area (Å²) in [7, 11) is 0. The number of aromatic nitrogens is 4. The molecule has 0 fully saturated rings. The highest BCUT2D eigenvalue weighted by molar-refractivity contribution is 5.79. The summed E-state index contributed by atoms with van der Waals surface area (Å²) in [4.78, 5) is 24.1. The fourth-order valence-corrected chi connectivity index (χ4v) is 3.00. The number of carbonyl (C=O) groups is 1. The summed E-state index contributed by atoms with van der Waals surface area (Å²) in [6, 6.07) is 16.0. The second kappa shape index (κ2) is 8.04. The van der Waals surface area contributed by atoms with E-state index in [1.807, 2.05) is 48.5 Å². The molecule has 2 aromatic carbocycles. The quantitative estimate of drug-likeness (QED) is 0.515. The maximum atomic E-state index is 12.0. The molecular formula is C21H21N5O2. The normalized spacial score (nSPS) is 11.0. The Morgan fingerprint density at radius 1 is 1.11 bits per heavy atom. The Morgan fingerprint density at radius 3 is 2.68 bits per heavy atom. The van der Waals surface area contributed by atoms with Crippen molar-refractivity contribution in [2.45, 2.75) is 32.7 Å². The van der Waals surface area contributed by atoms with E-state index in [-0.39, 0.29) is 5.91 Å². The van der Waals surface area contributed by atoms with Crippen LogP contribution < -0.4 is 5.32 Å². The molecule has 2 heterocycles. The first kappa shape index (κ1) is 17.9. The van der Waals surface area contributed by atoms with Crippen LogP contribution in [0.15, 0.2) is 53.1 Å². The van der Waals surface area contributed by atoms with Crippen LogP contribution in [0, 0.1) is 6.92 Å². The Hall–Kier alpha value is -3.48. The van der Waals surface area contributed by atoms with Crippen LogP contribution in [0.25, 0.3) is 22.4 Å². The van der Waals surface area contributed by atoms with Gasteiger partial charge in [0.05, 0.1) is 11.0 Å². The summed E-state index contributed by atoms with van der Waals surface area (Å²) < 4.78 is 5.04. The summed E-state index contributed by atoms with van der Waals surface area (Å²) in [5.74, 6) is 2.04. The predicted octanol–water partition coefficient (Wildman–Crippen LogP) is 3.56. The zero-order valence-corrected chi connectivity index (χ0v) is 15.6. The van der Waals surface area contributed by atoms with E-state index >= 15 is 0 Å². The second-order valence-corrected chi connectivity index (χ2v) is 6.67. The maximum absolute atomic E-state index is 12.0. The van der Waals surface area contributed by atoms with E-state index in [0.29, 0.717) is 37.5 Å². The molecule has 7 nitrogen and oxygen atoms in total. The van der Waals surface area contributed by atoms with E-state index < -0.39 is 0 Å². The van der Waals surface area contributed by atoms with E-state index in [2.05, 4.69) is 25.4 Å². The van der Waals surface area contributed by atoms with Crippen molar-refractivity contribution in [3.05, 3.63) is 65.8 Å². The van der Waals surface area contributed by atoms with Gasteiger partial charge in [0.1, 0.15) is 5.82 Å². The van der Waals surface area contributed by atoms with Crippen molar-refractivity contribution in [1.82, 2.24) is 25.4 Å². The molecular weight excluding hydrogens is 354 g/mol. The van der Waals surface area contributed by atoms with Crippen LogP contribution in [0.2, 0.25) is 0 Å². The van der Waals surface area contributed by atoms with Crippen molar-refractivity contribution in [2.75, 3.05) is 0 Å². The number of benzene rings is 2. The van der Waals surface area contributed by atoms with Gasteiger partial charge in [-0.15, -0.1) is 0 Å². The van der Waals surface area contributed by atoms with Gasteiger partial charge in [0.2, 0.25) is 11.8 Å². The minimum absolute atomic E-state index is 0.0117. The van der Waals surface area contributed by atoms with Crippen molar-refractivity contribution in [3.8, 4) is 11.4 Å². The van der Waals surface area contributed by atoms with Gasteiger partial charge in [0, 0.05) is 24.9 Å². The zero-order valence-electron chi connectivity index (χ0n) is 15.6. The molecule has 0 bridgehead atoms. The molecule has 0 aliphatic rings. The zero-order chi connectivity index (χ0) is 19.3. The average molecular weight is 375 g/mol. The third kappa shape index (κ3) is 4.25. The lowest BCUT2D eigenvalue weighted by Crippen LogP contribution is -2.22. The Bertz CT molecular complexity index is 1050. The first-order valence-corrected chi connectivity index (χ1v) is 9.27. The molecule has 0 saturated heterocycles. The number of aryl methyl sites for hydroxylation is 2. The molecule has 0 saturated carbocycles. The monoisotopic (exact) mass is 375 g/mol. The van der Waals surface area contributed by atoms with Gasteiger partial charge < -0.3 is 14.8 Å². The van der Waals surface area contributed by atoms with Gasteiger partial charge in [-0.25, -0.2) is 4.98 Å². The molecule has 1 amide bonds. The molecule has 2 N–H and O–H groups in total. The Balaban J connectivity index is 1.27. The fourth-order valence-electron chi connectivity index (χ4n) is 3.00. The molecule has 4 aromatic rings. The number of hydrogen-bond donors (Lipinski definition) is 2. The van der Waals surface area contributed by atoms with E-state index in [1.165, 1.54) is 0 Å². The average Bonchev–Trinajstić information content (AvgIpc) is 3.33. The number of carbonyl (C=O) groups excluding carboxylic acids is 1. The van der Waals surface area contributed by atoms with E-state index in [1.54, 1.807) is 6.92 Å². The lowest BCUT2D eigenvalue weighted by Gasteiger charge is -2.06. The van der Waals surface area contributed by atoms with Gasteiger partial charge in [0.25, 0.3) is 0 Å². The molecule has 28 heavy (non-hydrogen) atoms. The number of amides is 1. The minimum Gasteiger partial charge on any atom is -0.352 e. The SMILES string of the molecule is Cc1noc(CCCC(=O)NCc2ccc(-c3nc4ccccc4[nH]3)cc2)n1. The molecule has 142 valence electrons. The van der Waals surface area contributed by atoms with Crippen molar-refractivity contribution in [2.24, 2.45) is 0 Å². The molecule has 7 heteroatoms. The summed E-state index contributed by atoms with van der Waals surface area (Å²) >= 11 is 0. The van der Waals surface area contributed by atoms with Crippen LogP contribution in [0.4, 0.5) is 0 Å². The number of H-pyrrole nitrogens is 1. The number of imidazole rings is 1. The highest BCUT2D eigenvalue weighted by atomic mass is 16.5. The van der Waals surface area contributed by atoms with Crippen LogP contribution in [-0.4, -0.2) is 26.0 Å². The van der Waals surface area contributed by atoms with E-state index in [9.17, 15) is 4.79 Å². The Morgan fingerprint density at radius 2 is 1.93 bits per heavy atom. The second-order valence-electron chi connectivity index (χ2n) is 6.67. The topological polar surface area (TPSA) is 96.7 Å². The maximum Gasteiger partial charge on any atom is 0.226 e. The van der Waals surface area contributed by atoms with Gasteiger partial charge >= 0.3 is 0 Å². The lowest BCUT2D eigenvalue weighted by atomic mass is 10.1. The summed E-state index contributed by atoms with van der Waals surface area (Å²) in [6.45, 7) is 2.28. The van der Waals surface area contributed by atoms with E-state index in [0.717, 1.165) is 28.0 Å². The van der Waals surface area contributed by atoms with Gasteiger partial charge in [0.15, 0.2) is 5.82 Å². The molecule has 0 aliphatic heterocycles. The molecule has 0 radical (unpaired) electrons. The standard InChI is InChI=1S/C21H21N5O2/c1-14-23-20(28-26-14)8-4-7-19(27)22-13-15-9-11-16(12-10-15)21-24-17-5-2-3-6-18(17)25-21/h2-3,5-6,9-12H,4,7-8,13H2,1H3,(H,22,27)(H,24,25). The smallest absolute Gasteiger partial charge is 0.226 e. The third-order valence-electron chi connectivity index (χ3n) is 4.47. The van der Waals surface area contributed by atoms with Gasteiger partial charge in [-0.1, -0.05) is 41.6 Å². The van der Waals surface area contributed by atoms with Crippen LogP contribution in [0.1, 0.15) is 30.1 Å². The molecule has 0 spiro atoms. The van der Waals surface area contributed by atoms with Crippen molar-refractivity contribution in [3.63, 3.8) is 0 Å². The molecule has 4 rings (SSSR count). The number of hydrogen-bond acceptors (Lipinski definition) is 5. The first-order valence-electron chi connectivity index (χ1n) is 9.27. The number of rotatable bonds is 7. The van der Waals surface area contributed by atoms with Gasteiger partial charge in [-0.2, -0.15) is 4.98 Å². The van der Waals surface area contributed by atoms with Gasteiger partial charge in [-0.3, -0.25) is 4.79 Å². The fraction of sp³-hybridized carbons (Fsp3) is 0.238. The predicted molar refractivity (Wildman–Crippen MR) is 105 cm³/mol. The highest BCUT2D eigenvalue weighted by Gasteiger charge is 2.07. The van der Waals surface area contributed by atoms with Crippen LogP contribution >= 0.6 is 0 Å². The van der Waals surface area contributed by atoms with E-state index in [4.69, 9.17) is 4.52 Å². The molecule has 0 atom stereocenters. The van der Waals surface area contributed by atoms with Gasteiger partial charge in [-0.05, 0) is 31.0 Å². The molecule has 0 unspecified atom stereocenters. The Labute approximate surface area is 162 Å². The van der Waals surface area contributed by atoms with Crippen LogP contribution in [-0.2, 0) is 17.8 Å². The summed E-state index contributed by atoms with van der Waals surface area (Å²) in [6.07, 6.45) is 1.72. The minimum atomic E-state index is 0.0117. The van der Waals surface area contributed by atoms with Crippen molar-refractivity contribution in [1.29, 1.82) is 0 Å². The first-order chi connectivity index (χ1) is 13.7. The number of nitrogens with one attached hydrogen (secondary N) is 2. The highest BCUT2D eigenvalue weighted by Crippen LogP contribution is 2.20. The van der Waals surface area contributed by atoms with Crippen LogP contribution in [0.3, 0.4) is 0 Å². The number of fused-ring (bicyclic) bond motifs is 1. The Kier molecular flexibility index (Phi) is 5.14. The van der Waals surface area contributed by atoms with Crippen molar-refractivity contribution >= 4 is 16.9 Å². The lowest BCUT2D eigenvalue weighted by molar-refractivity contribution is -0.121. The molecule has 0 aliphatic carbocycles. The summed E-state index contributed by atoms with van der Waals surface area (Å²) in [5, 5.41) is 6.68. The van der Waals surface area contributed by atoms with Crippen molar-refractivity contribution < 1.29 is 9.32 Å².